The smallest absolute Gasteiger partial charge is 0.263 e. The van der Waals surface area contributed by atoms with Crippen LogP contribution in [0.4, 0.5) is 0 Å². The van der Waals surface area contributed by atoms with Gasteiger partial charge in [-0.25, -0.2) is 0 Å². The molecule has 2 heterocycles. The number of carbonyl (C=O) groups excluding carboxylic acids is 1. The first-order valence-corrected chi connectivity index (χ1v) is 7.55. The molecule has 0 spiro atoms. The molecule has 2 atom stereocenters. The van der Waals surface area contributed by atoms with Gasteiger partial charge < -0.3 is 10.0 Å². The van der Waals surface area contributed by atoms with E-state index in [0.717, 1.165) is 30.7 Å². The third-order valence-electron chi connectivity index (χ3n) is 4.15. The lowest BCUT2D eigenvalue weighted by atomic mass is 10.0. The van der Waals surface area contributed by atoms with Crippen LogP contribution in [0.5, 0.6) is 0 Å². The fourth-order valence-electron chi connectivity index (χ4n) is 2.96. The van der Waals surface area contributed by atoms with E-state index in [1.54, 1.807) is 11.3 Å². The normalized spacial score (nSPS) is 24.3. The van der Waals surface area contributed by atoms with E-state index in [0.29, 0.717) is 6.54 Å². The van der Waals surface area contributed by atoms with Crippen LogP contribution in [0, 0.1) is 5.92 Å². The van der Waals surface area contributed by atoms with Crippen LogP contribution < -0.4 is 0 Å². The number of hydrogen-bond acceptors (Lipinski definition) is 3. The van der Waals surface area contributed by atoms with Crippen molar-refractivity contribution in [3.8, 4) is 0 Å². The number of aryl methyl sites for hydroxylation is 2. The Hall–Kier alpha value is -0.870. The predicted octanol–water partition coefficient (Wildman–Crippen LogP) is 2.08. The predicted molar refractivity (Wildman–Crippen MR) is 72.0 cm³/mol. The van der Waals surface area contributed by atoms with Gasteiger partial charge in [0.2, 0.25) is 0 Å². The molecular formula is C14H19NO2S. The van der Waals surface area contributed by atoms with Crippen molar-refractivity contribution in [3.63, 3.8) is 0 Å². The van der Waals surface area contributed by atoms with Crippen LogP contribution in [0.1, 0.15) is 39.9 Å². The Kier molecular flexibility index (Phi) is 3.16. The minimum absolute atomic E-state index is 0.164. The van der Waals surface area contributed by atoms with Gasteiger partial charge in [0, 0.05) is 23.9 Å². The Morgan fingerprint density at radius 2 is 2.39 bits per heavy atom. The number of rotatable bonds is 2. The molecule has 1 amide bonds. The second-order valence-electron chi connectivity index (χ2n) is 5.45. The molecule has 3 nitrogen and oxygen atoms in total. The monoisotopic (exact) mass is 265 g/mol. The maximum absolute atomic E-state index is 12.4. The molecule has 2 unspecified atom stereocenters. The third-order valence-corrected chi connectivity index (χ3v) is 5.38. The second kappa shape index (κ2) is 4.67. The van der Waals surface area contributed by atoms with E-state index in [-0.39, 0.29) is 17.9 Å². The highest BCUT2D eigenvalue weighted by Crippen LogP contribution is 2.32. The highest BCUT2D eigenvalue weighted by molar-refractivity contribution is 7.14. The number of amides is 1. The average molecular weight is 265 g/mol. The zero-order valence-electron chi connectivity index (χ0n) is 10.7. The summed E-state index contributed by atoms with van der Waals surface area (Å²) in [7, 11) is 0. The van der Waals surface area contributed by atoms with E-state index in [4.69, 9.17) is 0 Å². The molecule has 2 aliphatic rings. The SMILES string of the molecule is CC(O)C1CCN(C(=O)c2cc3c(s2)CCC3)C1. The van der Waals surface area contributed by atoms with Crippen molar-refractivity contribution in [1.29, 1.82) is 0 Å². The number of aliphatic hydroxyl groups excluding tert-OH is 1. The molecule has 98 valence electrons. The minimum atomic E-state index is -0.309. The van der Waals surface area contributed by atoms with Gasteiger partial charge >= 0.3 is 0 Å². The number of aliphatic hydroxyl groups is 1. The first kappa shape index (κ1) is 12.2. The Morgan fingerprint density at radius 1 is 1.56 bits per heavy atom. The zero-order chi connectivity index (χ0) is 12.7. The van der Waals surface area contributed by atoms with Crippen LogP contribution in [0.3, 0.4) is 0 Å². The van der Waals surface area contributed by atoms with Gasteiger partial charge in [-0.1, -0.05) is 0 Å². The highest BCUT2D eigenvalue weighted by atomic mass is 32.1. The number of nitrogens with zero attached hydrogens (tertiary/aromatic N) is 1. The number of fused-ring (bicyclic) bond motifs is 1. The van der Waals surface area contributed by atoms with E-state index < -0.39 is 0 Å². The van der Waals surface area contributed by atoms with E-state index in [9.17, 15) is 9.90 Å². The molecule has 1 N–H and O–H groups in total. The third kappa shape index (κ3) is 2.08. The molecule has 1 saturated heterocycles. The summed E-state index contributed by atoms with van der Waals surface area (Å²) in [5, 5.41) is 9.58. The van der Waals surface area contributed by atoms with Crippen molar-refractivity contribution in [2.75, 3.05) is 13.1 Å². The molecule has 3 rings (SSSR count). The minimum Gasteiger partial charge on any atom is -0.393 e. The summed E-state index contributed by atoms with van der Waals surface area (Å²) < 4.78 is 0. The van der Waals surface area contributed by atoms with Gasteiger partial charge in [-0.15, -0.1) is 11.3 Å². The molecule has 1 fully saturated rings. The molecule has 1 aromatic heterocycles. The van der Waals surface area contributed by atoms with Crippen molar-refractivity contribution < 1.29 is 9.90 Å². The van der Waals surface area contributed by atoms with Crippen LogP contribution in [-0.2, 0) is 12.8 Å². The van der Waals surface area contributed by atoms with Gasteiger partial charge in [-0.05, 0) is 44.2 Å². The largest absolute Gasteiger partial charge is 0.393 e. The number of likely N-dealkylation sites (tertiary alicyclic amines) is 1. The lowest BCUT2D eigenvalue weighted by Crippen LogP contribution is -2.29. The van der Waals surface area contributed by atoms with E-state index in [1.807, 2.05) is 11.8 Å². The van der Waals surface area contributed by atoms with Gasteiger partial charge in [-0.2, -0.15) is 0 Å². The molecule has 0 saturated carbocycles. The first-order chi connectivity index (χ1) is 8.65. The Morgan fingerprint density at radius 3 is 3.06 bits per heavy atom. The molecule has 0 bridgehead atoms. The standard InChI is InChI=1S/C14H19NO2S/c1-9(16)11-5-6-15(8-11)14(17)13-7-10-3-2-4-12(10)18-13/h7,9,11,16H,2-6,8H2,1H3. The second-order valence-corrected chi connectivity index (χ2v) is 6.59. The maximum atomic E-state index is 12.4. The van der Waals surface area contributed by atoms with Crippen molar-refractivity contribution >= 4 is 17.2 Å². The topological polar surface area (TPSA) is 40.5 Å². The summed E-state index contributed by atoms with van der Waals surface area (Å²) in [5.74, 6) is 0.415. The molecular weight excluding hydrogens is 246 g/mol. The summed E-state index contributed by atoms with van der Waals surface area (Å²) in [6.45, 7) is 3.31. The van der Waals surface area contributed by atoms with Crippen molar-refractivity contribution in [2.45, 2.75) is 38.7 Å². The lowest BCUT2D eigenvalue weighted by Gasteiger charge is -2.16. The van der Waals surface area contributed by atoms with Gasteiger partial charge in [0.15, 0.2) is 0 Å². The number of hydrogen-bond donors (Lipinski definition) is 1. The summed E-state index contributed by atoms with van der Waals surface area (Å²) in [4.78, 5) is 16.6. The zero-order valence-corrected chi connectivity index (χ0v) is 11.5. The van der Waals surface area contributed by atoms with Crippen LogP contribution in [-0.4, -0.2) is 35.1 Å². The molecule has 18 heavy (non-hydrogen) atoms. The van der Waals surface area contributed by atoms with E-state index in [2.05, 4.69) is 6.07 Å². The molecule has 0 aromatic carbocycles. The molecule has 1 aromatic rings. The van der Waals surface area contributed by atoms with Crippen LogP contribution in [0.2, 0.25) is 0 Å². The maximum Gasteiger partial charge on any atom is 0.263 e. The molecule has 1 aliphatic carbocycles. The highest BCUT2D eigenvalue weighted by Gasteiger charge is 2.30. The molecule has 4 heteroatoms. The summed E-state index contributed by atoms with van der Waals surface area (Å²) in [6.07, 6.45) is 4.13. The summed E-state index contributed by atoms with van der Waals surface area (Å²) in [5.41, 5.74) is 1.38. The molecule has 1 aliphatic heterocycles. The van der Waals surface area contributed by atoms with Gasteiger partial charge in [0.05, 0.1) is 11.0 Å². The summed E-state index contributed by atoms with van der Waals surface area (Å²) >= 11 is 1.67. The van der Waals surface area contributed by atoms with Crippen molar-refractivity contribution in [2.24, 2.45) is 5.92 Å². The number of carbonyl (C=O) groups is 1. The Labute approximate surface area is 111 Å². The van der Waals surface area contributed by atoms with Gasteiger partial charge in [0.25, 0.3) is 5.91 Å². The summed E-state index contributed by atoms with van der Waals surface area (Å²) in [6, 6.07) is 2.09. The molecule has 0 radical (unpaired) electrons. The van der Waals surface area contributed by atoms with Crippen molar-refractivity contribution in [3.05, 3.63) is 21.4 Å². The first-order valence-electron chi connectivity index (χ1n) is 6.74. The fourth-order valence-corrected chi connectivity index (χ4v) is 4.18. The number of thiophene rings is 1. The van der Waals surface area contributed by atoms with Crippen LogP contribution in [0.25, 0.3) is 0 Å². The van der Waals surface area contributed by atoms with Crippen LogP contribution in [0.15, 0.2) is 6.07 Å². The Bertz CT molecular complexity index is 445. The Balaban J connectivity index is 1.71. The van der Waals surface area contributed by atoms with Gasteiger partial charge in [0.1, 0.15) is 0 Å². The van der Waals surface area contributed by atoms with E-state index >= 15 is 0 Å². The van der Waals surface area contributed by atoms with Crippen molar-refractivity contribution in [1.82, 2.24) is 4.90 Å². The average Bonchev–Trinajstić information content (AvgIpc) is 3.02. The van der Waals surface area contributed by atoms with Gasteiger partial charge in [-0.3, -0.25) is 4.79 Å². The van der Waals surface area contributed by atoms with Crippen LogP contribution >= 0.6 is 11.3 Å². The van der Waals surface area contributed by atoms with E-state index in [1.165, 1.54) is 16.9 Å². The quantitative estimate of drug-likeness (QED) is 0.889. The fraction of sp³-hybridized carbons (Fsp3) is 0.643. The lowest BCUT2D eigenvalue weighted by molar-refractivity contribution is 0.0767.